The van der Waals surface area contributed by atoms with E-state index in [1.807, 2.05) is 19.9 Å². The van der Waals surface area contributed by atoms with Gasteiger partial charge in [-0.2, -0.15) is 5.10 Å². The second kappa shape index (κ2) is 6.20. The van der Waals surface area contributed by atoms with E-state index in [0.29, 0.717) is 43.1 Å². The highest BCUT2D eigenvalue weighted by atomic mass is 16.4. The van der Waals surface area contributed by atoms with Crippen LogP contribution < -0.4 is 5.32 Å². The van der Waals surface area contributed by atoms with Crippen LogP contribution in [0.4, 0.5) is 11.6 Å². The van der Waals surface area contributed by atoms with Gasteiger partial charge in [-0.25, -0.2) is 9.97 Å². The fourth-order valence-electron chi connectivity index (χ4n) is 3.02. The largest absolute Gasteiger partial charge is 0.481 e. The van der Waals surface area contributed by atoms with Gasteiger partial charge in [-0.15, -0.1) is 0 Å². The predicted molar refractivity (Wildman–Crippen MR) is 86.9 cm³/mol. The molecule has 0 aliphatic heterocycles. The van der Waals surface area contributed by atoms with Crippen molar-refractivity contribution in [3.8, 4) is 0 Å². The molecule has 0 bridgehead atoms. The van der Waals surface area contributed by atoms with Crippen LogP contribution in [0, 0.1) is 19.8 Å². The van der Waals surface area contributed by atoms with Gasteiger partial charge in [0.05, 0.1) is 5.92 Å². The molecule has 1 aliphatic carbocycles. The molecule has 1 saturated carbocycles. The van der Waals surface area contributed by atoms with E-state index in [2.05, 4.69) is 25.5 Å². The Balaban J connectivity index is 1.82. The number of aryl methyl sites for hydroxylation is 2. The quantitative estimate of drug-likeness (QED) is 0.675. The van der Waals surface area contributed by atoms with Gasteiger partial charge in [-0.3, -0.25) is 9.89 Å². The van der Waals surface area contributed by atoms with Crippen LogP contribution in [0.3, 0.4) is 0 Å². The van der Waals surface area contributed by atoms with Crippen LogP contribution in [0.1, 0.15) is 42.9 Å². The number of carboxylic acids is 1. The van der Waals surface area contributed by atoms with Gasteiger partial charge in [0.25, 0.3) is 0 Å². The molecule has 0 spiro atoms. The van der Waals surface area contributed by atoms with Gasteiger partial charge in [-0.1, -0.05) is 0 Å². The fraction of sp³-hybridized carbons (Fsp3) is 0.500. The molecule has 0 unspecified atom stereocenters. The van der Waals surface area contributed by atoms with Crippen molar-refractivity contribution in [1.29, 1.82) is 0 Å². The Morgan fingerprint density at radius 1 is 1.25 bits per heavy atom. The number of aliphatic hydroxyl groups is 1. The van der Waals surface area contributed by atoms with Crippen LogP contribution in [0.5, 0.6) is 0 Å². The zero-order valence-corrected chi connectivity index (χ0v) is 13.7. The summed E-state index contributed by atoms with van der Waals surface area (Å²) in [7, 11) is 0. The van der Waals surface area contributed by atoms with Gasteiger partial charge in [0.15, 0.2) is 11.6 Å². The Hall–Kier alpha value is -2.48. The number of nitrogens with one attached hydrogen (secondary N) is 2. The number of hydrogen-bond acceptors (Lipinski definition) is 6. The van der Waals surface area contributed by atoms with E-state index in [9.17, 15) is 9.90 Å². The van der Waals surface area contributed by atoms with Crippen molar-refractivity contribution in [2.45, 2.75) is 45.1 Å². The van der Waals surface area contributed by atoms with Crippen LogP contribution in [-0.4, -0.2) is 36.3 Å². The van der Waals surface area contributed by atoms with Crippen LogP contribution >= 0.6 is 0 Å². The second-order valence-corrected chi connectivity index (χ2v) is 6.42. The average Bonchev–Trinajstić information content (AvgIpc) is 2.92. The van der Waals surface area contributed by atoms with Gasteiger partial charge in [-0.05, 0) is 39.5 Å². The normalized spacial score (nSPS) is 23.9. The molecule has 2 heterocycles. The number of hydrogen-bond donors (Lipinski definition) is 4. The maximum Gasteiger partial charge on any atom is 0.306 e. The molecular weight excluding hydrogens is 310 g/mol. The number of carboxylic acid groups (broad SMARTS) is 1. The van der Waals surface area contributed by atoms with E-state index >= 15 is 0 Å². The van der Waals surface area contributed by atoms with Gasteiger partial charge >= 0.3 is 5.97 Å². The minimum absolute atomic E-state index is 0.334. The Morgan fingerprint density at radius 3 is 2.54 bits per heavy atom. The molecule has 2 aromatic heterocycles. The minimum Gasteiger partial charge on any atom is -0.481 e. The molecule has 128 valence electrons. The molecule has 1 aliphatic rings. The summed E-state index contributed by atoms with van der Waals surface area (Å²) in [5, 5.41) is 30.0. The highest BCUT2D eigenvalue weighted by Crippen LogP contribution is 2.38. The lowest BCUT2D eigenvalue weighted by atomic mass is 9.78. The van der Waals surface area contributed by atoms with Crippen molar-refractivity contribution in [1.82, 2.24) is 20.2 Å². The summed E-state index contributed by atoms with van der Waals surface area (Å²) < 4.78 is 0. The first-order valence-electron chi connectivity index (χ1n) is 7.96. The summed E-state index contributed by atoms with van der Waals surface area (Å²) in [6.45, 7) is 3.73. The fourth-order valence-corrected chi connectivity index (χ4v) is 3.02. The highest BCUT2D eigenvalue weighted by molar-refractivity contribution is 5.70. The summed E-state index contributed by atoms with van der Waals surface area (Å²) in [6, 6.07) is 3.63. The molecule has 0 atom stereocenters. The van der Waals surface area contributed by atoms with Crippen LogP contribution in [0.25, 0.3) is 0 Å². The topological polar surface area (TPSA) is 124 Å². The van der Waals surface area contributed by atoms with Crippen molar-refractivity contribution < 1.29 is 15.0 Å². The first-order valence-corrected chi connectivity index (χ1v) is 7.96. The third kappa shape index (κ3) is 3.38. The highest BCUT2D eigenvalue weighted by Gasteiger charge is 2.39. The van der Waals surface area contributed by atoms with E-state index in [1.165, 1.54) is 0 Å². The van der Waals surface area contributed by atoms with Crippen molar-refractivity contribution in [2.24, 2.45) is 5.92 Å². The summed E-state index contributed by atoms with van der Waals surface area (Å²) in [5.74, 6) is 0.315. The van der Waals surface area contributed by atoms with Crippen molar-refractivity contribution in [3.05, 3.63) is 29.3 Å². The SMILES string of the molecule is Cc1cc(Nc2cc(C)[nH]n2)nc(C2(O)CCC(C(=O)O)CC2)n1. The average molecular weight is 331 g/mol. The molecule has 1 fully saturated rings. The van der Waals surface area contributed by atoms with Gasteiger partial charge in [0.2, 0.25) is 0 Å². The minimum atomic E-state index is -1.18. The molecule has 2 aromatic rings. The van der Waals surface area contributed by atoms with Crippen molar-refractivity contribution in [2.75, 3.05) is 5.32 Å². The Kier molecular flexibility index (Phi) is 4.23. The monoisotopic (exact) mass is 331 g/mol. The number of H-pyrrole nitrogens is 1. The molecule has 0 radical (unpaired) electrons. The Bertz CT molecular complexity index is 750. The maximum absolute atomic E-state index is 11.1. The summed E-state index contributed by atoms with van der Waals surface area (Å²) >= 11 is 0. The zero-order chi connectivity index (χ0) is 17.3. The van der Waals surface area contributed by atoms with Gasteiger partial charge < -0.3 is 15.5 Å². The number of nitrogens with zero attached hydrogens (tertiary/aromatic N) is 3. The number of aromatic nitrogens is 4. The standard InChI is InChI=1S/C16H21N5O3/c1-9-7-12(18-13-8-10(2)20-21-13)19-15(17-9)16(24)5-3-11(4-6-16)14(22)23/h7-8,11,24H,3-6H2,1-2H3,(H,22,23)(H2,17,18,19,20,21). The maximum atomic E-state index is 11.1. The number of carbonyl (C=O) groups is 1. The first kappa shape index (κ1) is 16.4. The summed E-state index contributed by atoms with van der Waals surface area (Å²) in [4.78, 5) is 19.9. The smallest absolute Gasteiger partial charge is 0.306 e. The molecular formula is C16H21N5O3. The zero-order valence-electron chi connectivity index (χ0n) is 13.7. The lowest BCUT2D eigenvalue weighted by Gasteiger charge is -2.33. The molecule has 0 aromatic carbocycles. The van der Waals surface area contributed by atoms with E-state index in [4.69, 9.17) is 5.11 Å². The first-order chi connectivity index (χ1) is 11.4. The van der Waals surface area contributed by atoms with Crippen LogP contribution in [0.15, 0.2) is 12.1 Å². The summed E-state index contributed by atoms with van der Waals surface area (Å²) in [5.41, 5.74) is 0.466. The Labute approximate surface area is 139 Å². The predicted octanol–water partition coefficient (Wildman–Crippen LogP) is 2.02. The Morgan fingerprint density at radius 2 is 1.96 bits per heavy atom. The molecule has 8 heteroatoms. The van der Waals surface area contributed by atoms with Crippen LogP contribution in [-0.2, 0) is 10.4 Å². The second-order valence-electron chi connectivity index (χ2n) is 6.42. The number of anilines is 2. The molecule has 8 nitrogen and oxygen atoms in total. The lowest BCUT2D eigenvalue weighted by molar-refractivity contribution is -0.145. The molecule has 0 amide bonds. The van der Waals surface area contributed by atoms with E-state index in [1.54, 1.807) is 6.07 Å². The van der Waals surface area contributed by atoms with Crippen molar-refractivity contribution >= 4 is 17.6 Å². The lowest BCUT2D eigenvalue weighted by Crippen LogP contribution is -2.35. The number of aliphatic carboxylic acids is 1. The third-order valence-corrected chi connectivity index (χ3v) is 4.39. The molecule has 4 N–H and O–H groups in total. The molecule has 24 heavy (non-hydrogen) atoms. The number of aromatic amines is 1. The van der Waals surface area contributed by atoms with E-state index in [0.717, 1.165) is 11.4 Å². The van der Waals surface area contributed by atoms with Gasteiger partial charge in [0, 0.05) is 23.5 Å². The summed E-state index contributed by atoms with van der Waals surface area (Å²) in [6.07, 6.45) is 1.53. The van der Waals surface area contributed by atoms with E-state index < -0.39 is 17.5 Å². The van der Waals surface area contributed by atoms with Gasteiger partial charge in [0.1, 0.15) is 11.4 Å². The van der Waals surface area contributed by atoms with Crippen LogP contribution in [0.2, 0.25) is 0 Å². The molecule has 0 saturated heterocycles. The third-order valence-electron chi connectivity index (χ3n) is 4.39. The number of rotatable bonds is 4. The molecule has 3 rings (SSSR count). The van der Waals surface area contributed by atoms with Crippen molar-refractivity contribution in [3.63, 3.8) is 0 Å². The van der Waals surface area contributed by atoms with E-state index in [-0.39, 0.29) is 0 Å².